The summed E-state index contributed by atoms with van der Waals surface area (Å²) >= 11 is 0. The topological polar surface area (TPSA) is 91.8 Å². The van der Waals surface area contributed by atoms with Crippen molar-refractivity contribution >= 4 is 40.0 Å². The maximum absolute atomic E-state index is 12.1. The van der Waals surface area contributed by atoms with Gasteiger partial charge in [0.05, 0.1) is 11.9 Å². The molecule has 154 valence electrons. The van der Waals surface area contributed by atoms with Gasteiger partial charge in [-0.05, 0) is 31.7 Å². The van der Waals surface area contributed by atoms with E-state index in [0.717, 1.165) is 31.4 Å². The van der Waals surface area contributed by atoms with Gasteiger partial charge in [-0.1, -0.05) is 29.8 Å². The van der Waals surface area contributed by atoms with Crippen molar-refractivity contribution in [2.75, 3.05) is 32.5 Å². The maximum atomic E-state index is 12.1. The van der Waals surface area contributed by atoms with Crippen LogP contribution < -0.4 is 15.4 Å². The molecule has 0 aliphatic carbocycles. The van der Waals surface area contributed by atoms with Crippen molar-refractivity contribution in [2.24, 2.45) is 4.99 Å². The predicted molar refractivity (Wildman–Crippen MR) is 120 cm³/mol. The van der Waals surface area contributed by atoms with Crippen molar-refractivity contribution in [1.82, 2.24) is 15.4 Å². The van der Waals surface area contributed by atoms with E-state index in [9.17, 15) is 8.42 Å². The standard InChI is InChI=1S/C18H30N4O3S.HI/c1-15-6-8-16(9-7-15)13-21-18(19-2)20-10-12-26(23,24)22-14-17-5-3-4-11-25-17;/h6-9,17,22H,3-5,10-14H2,1-2H3,(H2,19,20,21);1H. The van der Waals surface area contributed by atoms with Crippen LogP contribution in [0.3, 0.4) is 0 Å². The van der Waals surface area contributed by atoms with E-state index in [1.54, 1.807) is 7.05 Å². The summed E-state index contributed by atoms with van der Waals surface area (Å²) < 4.78 is 32.3. The summed E-state index contributed by atoms with van der Waals surface area (Å²) in [6.45, 7) is 4.03. The molecule has 7 nitrogen and oxygen atoms in total. The number of aryl methyl sites for hydroxylation is 1. The minimum Gasteiger partial charge on any atom is -0.377 e. The fourth-order valence-electron chi connectivity index (χ4n) is 2.68. The number of nitrogens with one attached hydrogen (secondary N) is 3. The second-order valence-electron chi connectivity index (χ2n) is 6.49. The van der Waals surface area contributed by atoms with Crippen LogP contribution in [-0.4, -0.2) is 53.0 Å². The highest BCUT2D eigenvalue weighted by atomic mass is 127. The molecule has 0 radical (unpaired) electrons. The Kier molecular flexibility index (Phi) is 11.2. The Labute approximate surface area is 179 Å². The van der Waals surface area contributed by atoms with Gasteiger partial charge in [0.15, 0.2) is 5.96 Å². The third-order valence-electron chi connectivity index (χ3n) is 4.27. The molecule has 0 saturated carbocycles. The first kappa shape index (κ1) is 24.1. The molecule has 1 aromatic carbocycles. The monoisotopic (exact) mass is 510 g/mol. The van der Waals surface area contributed by atoms with Crippen LogP contribution >= 0.6 is 24.0 Å². The van der Waals surface area contributed by atoms with Gasteiger partial charge in [0.25, 0.3) is 0 Å². The maximum Gasteiger partial charge on any atom is 0.213 e. The van der Waals surface area contributed by atoms with Crippen molar-refractivity contribution in [2.45, 2.75) is 38.8 Å². The molecule has 1 heterocycles. The number of sulfonamides is 1. The molecule has 2 rings (SSSR count). The van der Waals surface area contributed by atoms with E-state index in [-0.39, 0.29) is 42.4 Å². The highest BCUT2D eigenvalue weighted by Gasteiger charge is 2.17. The average molecular weight is 510 g/mol. The third kappa shape index (κ3) is 9.72. The van der Waals surface area contributed by atoms with Crippen molar-refractivity contribution in [3.63, 3.8) is 0 Å². The van der Waals surface area contributed by atoms with Crippen LogP contribution in [0.4, 0.5) is 0 Å². The van der Waals surface area contributed by atoms with Gasteiger partial charge in [-0.3, -0.25) is 4.99 Å². The van der Waals surface area contributed by atoms with Crippen LogP contribution in [0.1, 0.15) is 30.4 Å². The molecule has 1 aliphatic rings. The number of guanidine groups is 1. The van der Waals surface area contributed by atoms with Crippen LogP contribution in [0.25, 0.3) is 0 Å². The van der Waals surface area contributed by atoms with Gasteiger partial charge < -0.3 is 15.4 Å². The lowest BCUT2D eigenvalue weighted by Gasteiger charge is -2.22. The normalized spacial score (nSPS) is 17.9. The Morgan fingerprint density at radius 2 is 1.96 bits per heavy atom. The molecular formula is C18H31IN4O3S. The quantitative estimate of drug-likeness (QED) is 0.282. The van der Waals surface area contributed by atoms with Crippen LogP contribution in [0.15, 0.2) is 29.3 Å². The van der Waals surface area contributed by atoms with E-state index >= 15 is 0 Å². The summed E-state index contributed by atoms with van der Waals surface area (Å²) in [5.41, 5.74) is 2.35. The predicted octanol–water partition coefficient (Wildman–Crippen LogP) is 1.77. The molecule has 1 saturated heterocycles. The Morgan fingerprint density at radius 3 is 2.59 bits per heavy atom. The van der Waals surface area contributed by atoms with Gasteiger partial charge >= 0.3 is 0 Å². The second-order valence-corrected chi connectivity index (χ2v) is 8.42. The molecule has 1 atom stereocenters. The van der Waals surface area contributed by atoms with E-state index in [0.29, 0.717) is 19.0 Å². The summed E-state index contributed by atoms with van der Waals surface area (Å²) in [5, 5.41) is 6.21. The molecule has 1 aromatic rings. The fraction of sp³-hybridized carbons (Fsp3) is 0.611. The molecule has 0 bridgehead atoms. The van der Waals surface area contributed by atoms with Gasteiger partial charge in [0, 0.05) is 33.3 Å². The number of ether oxygens (including phenoxy) is 1. The molecular weight excluding hydrogens is 479 g/mol. The van der Waals surface area contributed by atoms with Gasteiger partial charge in [-0.15, -0.1) is 24.0 Å². The highest BCUT2D eigenvalue weighted by Crippen LogP contribution is 2.11. The highest BCUT2D eigenvalue weighted by molar-refractivity contribution is 14.0. The van der Waals surface area contributed by atoms with E-state index in [2.05, 4.69) is 44.6 Å². The molecule has 27 heavy (non-hydrogen) atoms. The van der Waals surface area contributed by atoms with Gasteiger partial charge in [0.1, 0.15) is 0 Å². The van der Waals surface area contributed by atoms with Crippen molar-refractivity contribution in [3.8, 4) is 0 Å². The first-order valence-electron chi connectivity index (χ1n) is 9.07. The number of nitrogens with zero attached hydrogens (tertiary/aromatic N) is 1. The van der Waals surface area contributed by atoms with E-state index < -0.39 is 10.0 Å². The first-order valence-corrected chi connectivity index (χ1v) is 10.7. The van der Waals surface area contributed by atoms with Crippen LogP contribution in [0.5, 0.6) is 0 Å². The first-order chi connectivity index (χ1) is 12.5. The molecule has 0 amide bonds. The van der Waals surface area contributed by atoms with Crippen molar-refractivity contribution < 1.29 is 13.2 Å². The van der Waals surface area contributed by atoms with E-state index in [1.165, 1.54) is 5.56 Å². The molecule has 9 heteroatoms. The lowest BCUT2D eigenvalue weighted by Crippen LogP contribution is -2.42. The van der Waals surface area contributed by atoms with Crippen LogP contribution in [-0.2, 0) is 21.3 Å². The average Bonchev–Trinajstić information content (AvgIpc) is 2.65. The second kappa shape index (κ2) is 12.5. The summed E-state index contributed by atoms with van der Waals surface area (Å²) in [5.74, 6) is 0.571. The third-order valence-corrected chi connectivity index (χ3v) is 5.62. The molecule has 1 fully saturated rings. The zero-order chi connectivity index (χ0) is 18.8. The molecule has 1 unspecified atom stereocenters. The number of aliphatic imine (C=N–C) groups is 1. The Bertz CT molecular complexity index is 674. The van der Waals surface area contributed by atoms with E-state index in [1.807, 2.05) is 6.92 Å². The fourth-order valence-corrected chi connectivity index (χ4v) is 3.63. The van der Waals surface area contributed by atoms with Gasteiger partial charge in [-0.2, -0.15) is 0 Å². The largest absolute Gasteiger partial charge is 0.377 e. The zero-order valence-electron chi connectivity index (χ0n) is 16.0. The Morgan fingerprint density at radius 1 is 1.22 bits per heavy atom. The minimum absolute atomic E-state index is 0. The number of halogens is 1. The summed E-state index contributed by atoms with van der Waals surface area (Å²) in [6.07, 6.45) is 3.06. The Hall–Kier alpha value is -0.910. The lowest BCUT2D eigenvalue weighted by atomic mass is 10.1. The van der Waals surface area contributed by atoms with Gasteiger partial charge in [-0.25, -0.2) is 13.1 Å². The van der Waals surface area contributed by atoms with E-state index in [4.69, 9.17) is 4.74 Å². The number of rotatable bonds is 8. The zero-order valence-corrected chi connectivity index (χ0v) is 19.2. The van der Waals surface area contributed by atoms with Crippen molar-refractivity contribution in [3.05, 3.63) is 35.4 Å². The SMILES string of the molecule is CN=C(NCCS(=O)(=O)NCC1CCCCO1)NCc1ccc(C)cc1.I. The molecule has 3 N–H and O–H groups in total. The molecule has 1 aliphatic heterocycles. The number of hydrogen-bond acceptors (Lipinski definition) is 4. The number of benzene rings is 1. The van der Waals surface area contributed by atoms with Crippen LogP contribution in [0, 0.1) is 6.92 Å². The summed E-state index contributed by atoms with van der Waals surface area (Å²) in [4.78, 5) is 4.12. The smallest absolute Gasteiger partial charge is 0.213 e. The number of hydrogen-bond donors (Lipinski definition) is 3. The Balaban J connectivity index is 0.00000364. The van der Waals surface area contributed by atoms with Crippen LogP contribution in [0.2, 0.25) is 0 Å². The molecule has 0 aromatic heterocycles. The molecule has 0 spiro atoms. The summed E-state index contributed by atoms with van der Waals surface area (Å²) in [7, 11) is -1.67. The van der Waals surface area contributed by atoms with Gasteiger partial charge in [0.2, 0.25) is 10.0 Å². The summed E-state index contributed by atoms with van der Waals surface area (Å²) in [6, 6.07) is 8.22. The lowest BCUT2D eigenvalue weighted by molar-refractivity contribution is 0.0200. The van der Waals surface area contributed by atoms with Crippen molar-refractivity contribution in [1.29, 1.82) is 0 Å². The minimum atomic E-state index is -3.33.